The van der Waals surface area contributed by atoms with Crippen LogP contribution in [0.2, 0.25) is 0 Å². The Balaban J connectivity index is 2.53. The first-order valence-electron chi connectivity index (χ1n) is 6.07. The van der Waals surface area contributed by atoms with Crippen LogP contribution in [0.25, 0.3) is 0 Å². The van der Waals surface area contributed by atoms with Gasteiger partial charge in [-0.2, -0.15) is 16.7 Å². The molecule has 0 amide bonds. The van der Waals surface area contributed by atoms with Gasteiger partial charge in [0.25, 0.3) is 0 Å². The third-order valence-electron chi connectivity index (χ3n) is 3.02. The molecule has 0 aliphatic carbocycles. The smallest absolute Gasteiger partial charge is 0.329 e. The van der Waals surface area contributed by atoms with E-state index in [0.29, 0.717) is 18.1 Å². The quantitative estimate of drug-likeness (QED) is 0.615. The van der Waals surface area contributed by atoms with Gasteiger partial charge >= 0.3 is 5.69 Å². The zero-order chi connectivity index (χ0) is 15.6. The van der Waals surface area contributed by atoms with Crippen molar-refractivity contribution in [2.24, 2.45) is 0 Å². The summed E-state index contributed by atoms with van der Waals surface area (Å²) in [6, 6.07) is 0. The highest BCUT2D eigenvalue weighted by Crippen LogP contribution is 2.32. The summed E-state index contributed by atoms with van der Waals surface area (Å²) in [5.41, 5.74) is -0.297. The van der Waals surface area contributed by atoms with Crippen LogP contribution >= 0.6 is 11.8 Å². The molecule has 1 N–H and O–H groups in total. The highest BCUT2D eigenvalue weighted by molar-refractivity contribution is 8.01. The van der Waals surface area contributed by atoms with Gasteiger partial charge in [-0.05, 0) is 0 Å². The number of rotatable bonds is 4. The molecule has 1 aromatic rings. The van der Waals surface area contributed by atoms with Gasteiger partial charge in [0.15, 0.2) is 9.84 Å². The second-order valence-electron chi connectivity index (χ2n) is 4.46. The predicted octanol–water partition coefficient (Wildman–Crippen LogP) is 0.350. The summed E-state index contributed by atoms with van der Waals surface area (Å²) >= 11 is 1.50. The topological polar surface area (TPSA) is 118 Å². The van der Waals surface area contributed by atoms with Crippen LogP contribution in [0.3, 0.4) is 0 Å². The van der Waals surface area contributed by atoms with E-state index >= 15 is 0 Å². The van der Waals surface area contributed by atoms with Crippen LogP contribution in [-0.2, 0) is 9.84 Å². The van der Waals surface area contributed by atoms with E-state index in [9.17, 15) is 18.5 Å². The van der Waals surface area contributed by atoms with Crippen LogP contribution in [-0.4, -0.2) is 60.0 Å². The minimum absolute atomic E-state index is 0.0371. The van der Waals surface area contributed by atoms with Gasteiger partial charge in [0, 0.05) is 31.4 Å². The van der Waals surface area contributed by atoms with Gasteiger partial charge in [0.2, 0.25) is 11.8 Å². The van der Waals surface area contributed by atoms with Crippen molar-refractivity contribution in [3.8, 4) is 0 Å². The maximum atomic E-state index is 11.9. The lowest BCUT2D eigenvalue weighted by Gasteiger charge is -2.34. The third-order valence-corrected chi connectivity index (χ3v) is 5.66. The summed E-state index contributed by atoms with van der Waals surface area (Å²) in [5, 5.41) is 13.0. The zero-order valence-electron chi connectivity index (χ0n) is 11.5. The van der Waals surface area contributed by atoms with Crippen molar-refractivity contribution in [2.45, 2.75) is 5.37 Å². The summed E-state index contributed by atoms with van der Waals surface area (Å²) < 4.78 is 23.8. The molecule has 0 spiro atoms. The Labute approximate surface area is 126 Å². The van der Waals surface area contributed by atoms with Crippen molar-refractivity contribution in [1.82, 2.24) is 9.97 Å². The Bertz CT molecular complexity index is 651. The molecule has 0 bridgehead atoms. The van der Waals surface area contributed by atoms with Gasteiger partial charge in [-0.3, -0.25) is 10.1 Å². The minimum Gasteiger partial charge on any atom is -0.357 e. The van der Waals surface area contributed by atoms with Crippen molar-refractivity contribution in [2.75, 3.05) is 41.6 Å². The SMILES string of the molecule is CNc1ncc([N+](=O)[O-])c(N2CCSCC2S(C)(=O)=O)n1. The second kappa shape index (κ2) is 6.02. The number of hydrogen-bond acceptors (Lipinski definition) is 9. The molecule has 1 atom stereocenters. The van der Waals surface area contributed by atoms with E-state index in [0.717, 1.165) is 12.5 Å². The van der Waals surface area contributed by atoms with E-state index in [1.165, 1.54) is 16.7 Å². The van der Waals surface area contributed by atoms with Crippen molar-refractivity contribution < 1.29 is 13.3 Å². The fourth-order valence-corrected chi connectivity index (χ4v) is 4.82. The molecule has 0 saturated carbocycles. The van der Waals surface area contributed by atoms with Gasteiger partial charge < -0.3 is 10.2 Å². The Hall–Kier alpha value is -1.62. The number of aromatic nitrogens is 2. The lowest BCUT2D eigenvalue weighted by molar-refractivity contribution is -0.384. The molecule has 0 radical (unpaired) electrons. The first kappa shape index (κ1) is 15.8. The van der Waals surface area contributed by atoms with Crippen LogP contribution in [0.4, 0.5) is 17.5 Å². The molecule has 2 rings (SSSR count). The van der Waals surface area contributed by atoms with E-state index in [-0.39, 0.29) is 17.5 Å². The number of nitrogens with one attached hydrogen (secondary N) is 1. The molecule has 21 heavy (non-hydrogen) atoms. The van der Waals surface area contributed by atoms with E-state index < -0.39 is 20.1 Å². The number of nitro groups is 1. The van der Waals surface area contributed by atoms with Crippen LogP contribution < -0.4 is 10.2 Å². The maximum Gasteiger partial charge on any atom is 0.329 e. The summed E-state index contributed by atoms with van der Waals surface area (Å²) in [7, 11) is -1.80. The average Bonchev–Trinajstić information content (AvgIpc) is 2.45. The monoisotopic (exact) mass is 333 g/mol. The fraction of sp³-hybridized carbons (Fsp3) is 0.600. The number of hydrogen-bond donors (Lipinski definition) is 1. The van der Waals surface area contributed by atoms with Gasteiger partial charge in [0.05, 0.1) is 4.92 Å². The summed E-state index contributed by atoms with van der Waals surface area (Å²) in [6.45, 7) is 0.378. The Morgan fingerprint density at radius 2 is 2.29 bits per heavy atom. The van der Waals surface area contributed by atoms with Gasteiger partial charge in [-0.15, -0.1) is 0 Å². The number of sulfone groups is 1. The highest BCUT2D eigenvalue weighted by Gasteiger charge is 2.36. The first-order valence-corrected chi connectivity index (χ1v) is 9.18. The van der Waals surface area contributed by atoms with Crippen LogP contribution in [0, 0.1) is 10.1 Å². The van der Waals surface area contributed by atoms with E-state index in [4.69, 9.17) is 0 Å². The highest BCUT2D eigenvalue weighted by atomic mass is 32.2. The Morgan fingerprint density at radius 1 is 1.57 bits per heavy atom. The zero-order valence-corrected chi connectivity index (χ0v) is 13.1. The Kier molecular flexibility index (Phi) is 4.52. The molecule has 1 saturated heterocycles. The number of thioether (sulfide) groups is 1. The molecule has 9 nitrogen and oxygen atoms in total. The second-order valence-corrected chi connectivity index (χ2v) is 7.82. The van der Waals surface area contributed by atoms with E-state index in [1.807, 2.05) is 0 Å². The summed E-state index contributed by atoms with van der Waals surface area (Å²) in [5.74, 6) is 1.29. The fourth-order valence-electron chi connectivity index (χ4n) is 2.01. The minimum atomic E-state index is -3.38. The largest absolute Gasteiger partial charge is 0.357 e. The molecule has 1 aliphatic heterocycles. The number of nitrogens with zero attached hydrogens (tertiary/aromatic N) is 4. The molecule has 2 heterocycles. The lowest BCUT2D eigenvalue weighted by Crippen LogP contribution is -2.47. The molecule has 1 aliphatic rings. The molecule has 1 unspecified atom stereocenters. The Morgan fingerprint density at radius 3 is 2.86 bits per heavy atom. The van der Waals surface area contributed by atoms with Crippen LogP contribution in [0.15, 0.2) is 6.20 Å². The van der Waals surface area contributed by atoms with Crippen molar-refractivity contribution in [3.05, 3.63) is 16.3 Å². The average molecular weight is 333 g/mol. The van der Waals surface area contributed by atoms with E-state index in [2.05, 4.69) is 15.3 Å². The van der Waals surface area contributed by atoms with Gasteiger partial charge in [-0.25, -0.2) is 13.4 Å². The van der Waals surface area contributed by atoms with Crippen LogP contribution in [0.1, 0.15) is 0 Å². The van der Waals surface area contributed by atoms with Crippen molar-refractivity contribution in [3.63, 3.8) is 0 Å². The lowest BCUT2D eigenvalue weighted by atomic mass is 10.4. The summed E-state index contributed by atoms with van der Waals surface area (Å²) in [4.78, 5) is 19.9. The third kappa shape index (κ3) is 3.35. The molecule has 11 heteroatoms. The normalized spacial score (nSPS) is 19.3. The van der Waals surface area contributed by atoms with Gasteiger partial charge in [-0.1, -0.05) is 0 Å². The molecular weight excluding hydrogens is 318 g/mol. The van der Waals surface area contributed by atoms with Crippen LogP contribution in [0.5, 0.6) is 0 Å². The molecule has 1 fully saturated rings. The predicted molar refractivity (Wildman–Crippen MR) is 81.5 cm³/mol. The molecule has 0 aromatic carbocycles. The van der Waals surface area contributed by atoms with Crippen molar-refractivity contribution in [1.29, 1.82) is 0 Å². The summed E-state index contributed by atoms with van der Waals surface area (Å²) in [6.07, 6.45) is 2.22. The van der Waals surface area contributed by atoms with E-state index in [1.54, 1.807) is 7.05 Å². The molecular formula is C10H15N5O4S2. The maximum absolute atomic E-state index is 11.9. The molecule has 116 valence electrons. The molecule has 1 aromatic heterocycles. The first-order chi connectivity index (χ1) is 9.84. The van der Waals surface area contributed by atoms with Gasteiger partial charge in [0.1, 0.15) is 11.6 Å². The standard InChI is InChI=1S/C10H15N5O4S2/c1-11-10-12-5-7(15(16)17)9(13-10)14-3-4-20-6-8(14)21(2,18)19/h5,8H,3-4,6H2,1-2H3,(H,11,12,13). The van der Waals surface area contributed by atoms with Crippen molar-refractivity contribution >= 4 is 39.1 Å². The number of anilines is 2.